The number of carbonyl (C=O) groups is 3. The molecule has 12 heteroatoms. The van der Waals surface area contributed by atoms with E-state index in [0.29, 0.717) is 17.1 Å². The maximum absolute atomic E-state index is 13.6. The van der Waals surface area contributed by atoms with E-state index in [1.54, 1.807) is 5.38 Å². The van der Waals surface area contributed by atoms with Crippen molar-refractivity contribution in [3.05, 3.63) is 62.7 Å². The molecule has 4 aromatic rings. The summed E-state index contributed by atoms with van der Waals surface area (Å²) in [5.74, 6) is -1.33. The molecular formula is C27H28N6O3S3. The summed E-state index contributed by atoms with van der Waals surface area (Å²) in [6.07, 6.45) is 0.940. The van der Waals surface area contributed by atoms with Crippen molar-refractivity contribution in [2.75, 3.05) is 0 Å². The zero-order valence-electron chi connectivity index (χ0n) is 21.6. The van der Waals surface area contributed by atoms with Crippen LogP contribution in [0.1, 0.15) is 54.3 Å². The van der Waals surface area contributed by atoms with Gasteiger partial charge in [0, 0.05) is 22.6 Å². The molecule has 0 fully saturated rings. The molecule has 9 nitrogen and oxygen atoms in total. The lowest BCUT2D eigenvalue weighted by molar-refractivity contribution is -0.131. The molecule has 0 aliphatic carbocycles. The molecule has 1 aliphatic heterocycles. The lowest BCUT2D eigenvalue weighted by Gasteiger charge is -2.27. The summed E-state index contributed by atoms with van der Waals surface area (Å²) in [6, 6.07) is 7.39. The third kappa shape index (κ3) is 6.07. The van der Waals surface area contributed by atoms with Gasteiger partial charge in [0.2, 0.25) is 11.8 Å². The van der Waals surface area contributed by atoms with E-state index < -0.39 is 23.9 Å². The molecule has 3 aromatic heterocycles. The molecule has 3 N–H and O–H groups in total. The van der Waals surface area contributed by atoms with Gasteiger partial charge in [0.05, 0.1) is 6.04 Å². The molecule has 202 valence electrons. The number of nitrogens with one attached hydrogen (secondary N) is 3. The number of aromatic nitrogens is 3. The van der Waals surface area contributed by atoms with Crippen molar-refractivity contribution in [1.82, 2.24) is 30.9 Å². The van der Waals surface area contributed by atoms with Crippen molar-refractivity contribution >= 4 is 51.7 Å². The first-order chi connectivity index (χ1) is 18.8. The molecule has 39 heavy (non-hydrogen) atoms. The molecule has 5 rings (SSSR count). The van der Waals surface area contributed by atoms with Gasteiger partial charge in [-0.05, 0) is 18.4 Å². The highest BCUT2D eigenvalue weighted by Crippen LogP contribution is 2.32. The number of rotatable bonds is 4. The van der Waals surface area contributed by atoms with Gasteiger partial charge in [0.25, 0.3) is 5.91 Å². The van der Waals surface area contributed by atoms with E-state index in [-0.39, 0.29) is 30.0 Å². The summed E-state index contributed by atoms with van der Waals surface area (Å²) in [4.78, 5) is 54.2. The van der Waals surface area contributed by atoms with E-state index in [1.807, 2.05) is 61.9 Å². The quantitative estimate of drug-likeness (QED) is 0.327. The predicted octanol–water partition coefficient (Wildman–Crippen LogP) is 4.45. The molecule has 4 heterocycles. The second kappa shape index (κ2) is 11.7. The number of hydrogen-bond donors (Lipinski definition) is 3. The maximum Gasteiger partial charge on any atom is 0.271 e. The molecule has 0 saturated carbocycles. The van der Waals surface area contributed by atoms with E-state index in [4.69, 9.17) is 4.98 Å². The van der Waals surface area contributed by atoms with E-state index in [9.17, 15) is 14.4 Å². The molecule has 0 saturated heterocycles. The highest BCUT2D eigenvalue weighted by molar-refractivity contribution is 7.16. The van der Waals surface area contributed by atoms with Gasteiger partial charge in [-0.1, -0.05) is 50.6 Å². The minimum atomic E-state index is -0.909. The summed E-state index contributed by atoms with van der Waals surface area (Å²) in [7, 11) is 0. The first-order valence-electron chi connectivity index (χ1n) is 12.6. The summed E-state index contributed by atoms with van der Waals surface area (Å²) in [6.45, 7) is 5.76. The molecule has 0 spiro atoms. The highest BCUT2D eigenvalue weighted by atomic mass is 32.1. The minimum absolute atomic E-state index is 0.137. The van der Waals surface area contributed by atoms with Crippen molar-refractivity contribution in [3.8, 4) is 21.4 Å². The Hall–Kier alpha value is -3.48. The standard InChI is InChI=1S/C27H28N6O3S3/c1-4-14(2)21-24(36)28-15(3)25-31-19(12-37-25)27-32-20(13-39-27)26-30-18(11-38-26)23(35)29-17(22(34)33-21)10-16-8-6-5-7-9-16/h5-9,11-15,17,21H,4,10H2,1-3H3,(H,28,36)(H,29,35)(H,33,34)/t14-,15+,17+,21-/m0/s1. The van der Waals surface area contributed by atoms with Gasteiger partial charge in [0.15, 0.2) is 0 Å². The van der Waals surface area contributed by atoms with E-state index in [1.165, 1.54) is 34.0 Å². The molecular weight excluding hydrogens is 553 g/mol. The van der Waals surface area contributed by atoms with Gasteiger partial charge in [-0.2, -0.15) is 0 Å². The van der Waals surface area contributed by atoms with Gasteiger partial charge in [-0.3, -0.25) is 14.4 Å². The average Bonchev–Trinajstić information content (AvgIpc) is 3.71. The number of hydrogen-bond acceptors (Lipinski definition) is 9. The molecule has 1 aliphatic rings. The number of thiazole rings is 3. The van der Waals surface area contributed by atoms with Crippen molar-refractivity contribution in [1.29, 1.82) is 0 Å². The largest absolute Gasteiger partial charge is 0.345 e. The fraction of sp³-hybridized carbons (Fsp3) is 0.333. The van der Waals surface area contributed by atoms with Gasteiger partial charge in [-0.25, -0.2) is 15.0 Å². The van der Waals surface area contributed by atoms with Crippen LogP contribution in [-0.2, 0) is 16.0 Å². The van der Waals surface area contributed by atoms with Gasteiger partial charge < -0.3 is 16.0 Å². The Morgan fingerprint density at radius 3 is 2.18 bits per heavy atom. The van der Waals surface area contributed by atoms with Crippen molar-refractivity contribution in [2.45, 2.75) is 51.7 Å². The normalized spacial score (nSPS) is 20.8. The number of fused-ring (bicyclic) bond motifs is 8. The van der Waals surface area contributed by atoms with Crippen LogP contribution >= 0.6 is 34.0 Å². The third-order valence-corrected chi connectivity index (χ3v) is 9.39. The second-order valence-electron chi connectivity index (χ2n) is 9.46. The smallest absolute Gasteiger partial charge is 0.271 e. The number of benzene rings is 1. The van der Waals surface area contributed by atoms with Crippen LogP contribution in [0.15, 0.2) is 46.5 Å². The molecule has 6 bridgehead atoms. The number of nitrogens with zero attached hydrogens (tertiary/aromatic N) is 3. The predicted molar refractivity (Wildman–Crippen MR) is 154 cm³/mol. The van der Waals surface area contributed by atoms with Gasteiger partial charge in [-0.15, -0.1) is 34.0 Å². The van der Waals surface area contributed by atoms with Crippen LogP contribution in [0.2, 0.25) is 0 Å². The van der Waals surface area contributed by atoms with Crippen LogP contribution in [0.5, 0.6) is 0 Å². The van der Waals surface area contributed by atoms with Crippen LogP contribution in [-0.4, -0.2) is 44.8 Å². The highest BCUT2D eigenvalue weighted by Gasteiger charge is 2.32. The Morgan fingerprint density at radius 1 is 0.821 bits per heavy atom. The molecule has 4 atom stereocenters. The number of carbonyl (C=O) groups excluding carboxylic acids is 3. The monoisotopic (exact) mass is 580 g/mol. The first kappa shape index (κ1) is 27.1. The molecule has 3 amide bonds. The van der Waals surface area contributed by atoms with Crippen LogP contribution in [0.4, 0.5) is 0 Å². The Kier molecular flexibility index (Phi) is 8.15. The fourth-order valence-electron chi connectivity index (χ4n) is 4.18. The van der Waals surface area contributed by atoms with E-state index in [0.717, 1.165) is 21.3 Å². The second-order valence-corrected chi connectivity index (χ2v) is 12.1. The zero-order chi connectivity index (χ0) is 27.5. The van der Waals surface area contributed by atoms with Crippen LogP contribution in [0, 0.1) is 5.92 Å². The molecule has 0 radical (unpaired) electrons. The van der Waals surface area contributed by atoms with E-state index in [2.05, 4.69) is 25.9 Å². The van der Waals surface area contributed by atoms with Crippen LogP contribution < -0.4 is 16.0 Å². The topological polar surface area (TPSA) is 126 Å². The SMILES string of the molecule is CC[C@H](C)[C@@H]1NC(=O)[C@@H](Cc2ccccc2)NC(=O)c2csc(n2)-c2csc(n2)-c2csc(n2)[C@@H](C)NC1=O. The Labute approximate surface area is 238 Å². The summed E-state index contributed by atoms with van der Waals surface area (Å²) in [5, 5.41) is 16.4. The lowest BCUT2D eigenvalue weighted by Crippen LogP contribution is -2.56. The molecule has 0 unspecified atom stereocenters. The fourth-order valence-corrected chi connectivity index (χ4v) is 6.67. The zero-order valence-corrected chi connectivity index (χ0v) is 24.1. The van der Waals surface area contributed by atoms with Crippen LogP contribution in [0.25, 0.3) is 21.4 Å². The summed E-state index contributed by atoms with van der Waals surface area (Å²) >= 11 is 4.21. The minimum Gasteiger partial charge on any atom is -0.345 e. The van der Waals surface area contributed by atoms with Crippen LogP contribution in [0.3, 0.4) is 0 Å². The van der Waals surface area contributed by atoms with Gasteiger partial charge >= 0.3 is 0 Å². The number of amides is 3. The van der Waals surface area contributed by atoms with Gasteiger partial charge in [0.1, 0.15) is 44.2 Å². The lowest BCUT2D eigenvalue weighted by atomic mass is 9.97. The van der Waals surface area contributed by atoms with Crippen molar-refractivity contribution < 1.29 is 14.4 Å². The Bertz CT molecular complexity index is 1480. The average molecular weight is 581 g/mol. The summed E-state index contributed by atoms with van der Waals surface area (Å²) in [5.41, 5.74) is 2.47. The van der Waals surface area contributed by atoms with Crippen molar-refractivity contribution in [3.63, 3.8) is 0 Å². The first-order valence-corrected chi connectivity index (χ1v) is 15.3. The Balaban J connectivity index is 1.53. The molecule has 1 aromatic carbocycles. The third-order valence-electron chi connectivity index (χ3n) is 6.63. The van der Waals surface area contributed by atoms with Crippen molar-refractivity contribution in [2.24, 2.45) is 5.92 Å². The van der Waals surface area contributed by atoms with E-state index >= 15 is 0 Å². The Morgan fingerprint density at radius 2 is 1.46 bits per heavy atom. The summed E-state index contributed by atoms with van der Waals surface area (Å²) < 4.78 is 0. The maximum atomic E-state index is 13.6.